The van der Waals surface area contributed by atoms with Crippen molar-refractivity contribution in [2.45, 2.75) is 52.4 Å². The molecule has 0 spiro atoms. The molecular weight excluding hydrogens is 290 g/mol. The zero-order chi connectivity index (χ0) is 15.9. The minimum Gasteiger partial charge on any atom is -0.348 e. The molecule has 0 radical (unpaired) electrons. The molecule has 0 saturated carbocycles. The Labute approximate surface area is 139 Å². The highest BCUT2D eigenvalue weighted by atomic mass is 35.5. The number of unbranched alkanes of at least 4 members (excludes halogenated alkanes) is 4. The molecule has 0 aliphatic rings. The predicted octanol–water partition coefficient (Wildman–Crippen LogP) is 5.98. The summed E-state index contributed by atoms with van der Waals surface area (Å²) < 4.78 is 2.29. The lowest BCUT2D eigenvalue weighted by atomic mass is 10.1. The molecule has 1 aromatic carbocycles. The van der Waals surface area contributed by atoms with E-state index in [4.69, 9.17) is 11.6 Å². The fourth-order valence-electron chi connectivity index (χ4n) is 2.77. The molecule has 0 fully saturated rings. The summed E-state index contributed by atoms with van der Waals surface area (Å²) in [5.41, 5.74) is 2.67. The van der Waals surface area contributed by atoms with Gasteiger partial charge in [-0.2, -0.15) is 0 Å². The summed E-state index contributed by atoms with van der Waals surface area (Å²) in [5.74, 6) is 6.98. The topological polar surface area (TPSA) is 4.93 Å². The Bertz CT molecular complexity index is 670. The molecule has 0 atom stereocenters. The normalized spacial score (nSPS) is 11.0. The van der Waals surface area contributed by atoms with Crippen LogP contribution in [0.15, 0.2) is 24.3 Å². The summed E-state index contributed by atoms with van der Waals surface area (Å²) in [4.78, 5) is 0. The van der Waals surface area contributed by atoms with Crippen molar-refractivity contribution >= 4 is 22.5 Å². The molecule has 0 amide bonds. The Kier molecular flexibility index (Phi) is 6.40. The summed E-state index contributed by atoms with van der Waals surface area (Å²) in [6.07, 6.45) is 7.22. The molecule has 2 rings (SSSR count). The third-order valence-corrected chi connectivity index (χ3v) is 4.21. The Balaban J connectivity index is 1.76. The first kappa shape index (κ1) is 17.0. The van der Waals surface area contributed by atoms with Crippen LogP contribution in [0, 0.1) is 17.8 Å². The number of aryl methyl sites for hydroxylation is 2. The zero-order valence-corrected chi connectivity index (χ0v) is 14.7. The maximum Gasteiger partial charge on any atom is 0.0480 e. The van der Waals surface area contributed by atoms with Crippen molar-refractivity contribution in [1.29, 1.82) is 0 Å². The molecule has 0 aliphatic heterocycles. The maximum absolute atomic E-state index is 6.07. The van der Waals surface area contributed by atoms with Gasteiger partial charge < -0.3 is 4.57 Å². The van der Waals surface area contributed by atoms with Crippen LogP contribution >= 0.6 is 11.6 Å². The highest BCUT2D eigenvalue weighted by Gasteiger charge is 2.05. The van der Waals surface area contributed by atoms with Gasteiger partial charge in [0.1, 0.15) is 0 Å². The molecular formula is C20H26ClN. The van der Waals surface area contributed by atoms with E-state index in [1.165, 1.54) is 42.3 Å². The van der Waals surface area contributed by atoms with Gasteiger partial charge in [0, 0.05) is 41.0 Å². The summed E-state index contributed by atoms with van der Waals surface area (Å²) in [5, 5.41) is 2.06. The summed E-state index contributed by atoms with van der Waals surface area (Å²) in [6, 6.07) is 8.39. The summed E-state index contributed by atoms with van der Waals surface area (Å²) in [7, 11) is 2.15. The molecule has 22 heavy (non-hydrogen) atoms. The number of nitrogens with zero attached hydrogens (tertiary/aromatic N) is 1. The first-order valence-electron chi connectivity index (χ1n) is 8.30. The van der Waals surface area contributed by atoms with Crippen molar-refractivity contribution in [2.24, 2.45) is 13.0 Å². The third-order valence-electron chi connectivity index (χ3n) is 3.98. The number of aromatic nitrogens is 1. The Morgan fingerprint density at radius 2 is 1.86 bits per heavy atom. The second-order valence-electron chi connectivity index (χ2n) is 6.29. The monoisotopic (exact) mass is 315 g/mol. The molecule has 0 bridgehead atoms. The fourth-order valence-corrected chi connectivity index (χ4v) is 2.95. The lowest BCUT2D eigenvalue weighted by Gasteiger charge is -2.04. The van der Waals surface area contributed by atoms with Crippen molar-refractivity contribution in [3.63, 3.8) is 0 Å². The molecule has 1 nitrogen and oxygen atoms in total. The van der Waals surface area contributed by atoms with Gasteiger partial charge in [-0.05, 0) is 43.5 Å². The lowest BCUT2D eigenvalue weighted by molar-refractivity contribution is 0.637. The molecule has 0 unspecified atom stereocenters. The molecule has 0 N–H and O–H groups in total. The van der Waals surface area contributed by atoms with Gasteiger partial charge in [-0.3, -0.25) is 0 Å². The van der Waals surface area contributed by atoms with Crippen molar-refractivity contribution in [3.05, 3.63) is 35.0 Å². The SMILES string of the molecule is CC(C)C#CCCCCCCc1cc2cc(Cl)ccc2n1C. The molecule has 118 valence electrons. The number of halogens is 1. The molecule has 2 heteroatoms. The second kappa shape index (κ2) is 8.30. The van der Waals surface area contributed by atoms with Crippen LogP contribution in [-0.2, 0) is 13.5 Å². The van der Waals surface area contributed by atoms with Gasteiger partial charge in [0.2, 0.25) is 0 Å². The highest BCUT2D eigenvalue weighted by molar-refractivity contribution is 6.31. The van der Waals surface area contributed by atoms with E-state index >= 15 is 0 Å². The van der Waals surface area contributed by atoms with Gasteiger partial charge in [-0.1, -0.05) is 38.3 Å². The summed E-state index contributed by atoms with van der Waals surface area (Å²) in [6.45, 7) is 4.29. The van der Waals surface area contributed by atoms with Gasteiger partial charge in [0.05, 0.1) is 0 Å². The van der Waals surface area contributed by atoms with Crippen LogP contribution in [0.25, 0.3) is 10.9 Å². The van der Waals surface area contributed by atoms with Crippen LogP contribution in [0.3, 0.4) is 0 Å². The molecule has 1 aromatic heterocycles. The van der Waals surface area contributed by atoms with Gasteiger partial charge in [0.15, 0.2) is 0 Å². The highest BCUT2D eigenvalue weighted by Crippen LogP contribution is 2.23. The van der Waals surface area contributed by atoms with Crippen LogP contribution in [0.5, 0.6) is 0 Å². The van der Waals surface area contributed by atoms with E-state index in [0.717, 1.165) is 17.9 Å². The average molecular weight is 316 g/mol. The van der Waals surface area contributed by atoms with Crippen molar-refractivity contribution in [2.75, 3.05) is 0 Å². The average Bonchev–Trinajstić information content (AvgIpc) is 2.77. The maximum atomic E-state index is 6.07. The van der Waals surface area contributed by atoms with Crippen molar-refractivity contribution < 1.29 is 0 Å². The van der Waals surface area contributed by atoms with Crippen LogP contribution < -0.4 is 0 Å². The number of benzene rings is 1. The van der Waals surface area contributed by atoms with Crippen LogP contribution in [-0.4, -0.2) is 4.57 Å². The quantitative estimate of drug-likeness (QED) is 0.456. The van der Waals surface area contributed by atoms with E-state index in [9.17, 15) is 0 Å². The van der Waals surface area contributed by atoms with Gasteiger partial charge in [-0.25, -0.2) is 0 Å². The number of rotatable bonds is 6. The minimum atomic E-state index is 0.500. The zero-order valence-electron chi connectivity index (χ0n) is 14.0. The second-order valence-corrected chi connectivity index (χ2v) is 6.72. The van der Waals surface area contributed by atoms with Crippen LogP contribution in [0.4, 0.5) is 0 Å². The third kappa shape index (κ3) is 4.82. The van der Waals surface area contributed by atoms with Gasteiger partial charge in [0.25, 0.3) is 0 Å². The Morgan fingerprint density at radius 1 is 1.09 bits per heavy atom. The largest absolute Gasteiger partial charge is 0.348 e. The fraction of sp³-hybridized carbons (Fsp3) is 0.500. The number of hydrogen-bond donors (Lipinski definition) is 0. The van der Waals surface area contributed by atoms with E-state index in [0.29, 0.717) is 5.92 Å². The number of fused-ring (bicyclic) bond motifs is 1. The number of hydrogen-bond acceptors (Lipinski definition) is 0. The van der Waals surface area contributed by atoms with E-state index in [-0.39, 0.29) is 0 Å². The van der Waals surface area contributed by atoms with E-state index in [2.05, 4.69) is 49.4 Å². The predicted molar refractivity (Wildman–Crippen MR) is 97.3 cm³/mol. The summed E-state index contributed by atoms with van der Waals surface area (Å²) >= 11 is 6.07. The molecule has 1 heterocycles. The van der Waals surface area contributed by atoms with Gasteiger partial charge in [-0.15, -0.1) is 11.8 Å². The van der Waals surface area contributed by atoms with Crippen molar-refractivity contribution in [1.82, 2.24) is 4.57 Å². The first-order valence-corrected chi connectivity index (χ1v) is 8.68. The smallest absolute Gasteiger partial charge is 0.0480 e. The Morgan fingerprint density at radius 3 is 2.64 bits per heavy atom. The van der Waals surface area contributed by atoms with Gasteiger partial charge >= 0.3 is 0 Å². The molecule has 0 saturated heterocycles. The first-order chi connectivity index (χ1) is 10.6. The van der Waals surface area contributed by atoms with E-state index < -0.39 is 0 Å². The molecule has 0 aliphatic carbocycles. The van der Waals surface area contributed by atoms with Crippen LogP contribution in [0.2, 0.25) is 5.02 Å². The van der Waals surface area contributed by atoms with Crippen molar-refractivity contribution in [3.8, 4) is 11.8 Å². The lowest BCUT2D eigenvalue weighted by Crippen LogP contribution is -1.96. The van der Waals surface area contributed by atoms with E-state index in [1.54, 1.807) is 0 Å². The molecule has 2 aromatic rings. The van der Waals surface area contributed by atoms with Crippen LogP contribution in [0.1, 0.15) is 51.6 Å². The van der Waals surface area contributed by atoms with E-state index in [1.807, 2.05) is 12.1 Å². The standard InChI is InChI=1S/C20H26ClN/c1-16(2)10-8-6-4-5-7-9-11-19-15-17-14-18(21)12-13-20(17)22(19)3/h12-16H,4-7,9,11H2,1-3H3. The Hall–Kier alpha value is -1.39. The minimum absolute atomic E-state index is 0.500.